The highest BCUT2D eigenvalue weighted by atomic mass is 16.5. The third-order valence-electron chi connectivity index (χ3n) is 28.2. The molecule has 410 valence electrons. The Morgan fingerprint density at radius 3 is 1.29 bits per heavy atom. The predicted molar refractivity (Wildman–Crippen MR) is 384 cm³/mol. The molecule has 2 unspecified atom stereocenters. The zero-order valence-corrected chi connectivity index (χ0v) is 48.7. The number of carbonyl (C=O) groups is 1. The number of ether oxygens (including phenoxy) is 1. The first-order chi connectivity index (χ1) is 46.6. The SMILES string of the molecule is COc1ccc(N/N=c2/c(=O)c3c4c5c6c7c8c9c%10c%11c(c%12c%13c%14c(c%15c%16c2c3c2c5c3c5c6c6c%17c7c%10c7c%10c%11c%13c%11c%13c%14c%14c%15c%15c%16c2c3c2c%15c3c%14c%13c%13c(c%10%11)c(c7%17)c7c6c5c2c3c%137)C%12)C(=O)C9(c2ccccn2)N=C(c2ccccc2)C84c2ccccc2)cc1. The first kappa shape index (κ1) is 40.5. The summed E-state index contributed by atoms with van der Waals surface area (Å²) >= 11 is 0. The van der Waals surface area contributed by atoms with Crippen molar-refractivity contribution in [2.75, 3.05) is 12.5 Å². The van der Waals surface area contributed by atoms with Gasteiger partial charge in [-0.05, 0) is 285 Å². The summed E-state index contributed by atoms with van der Waals surface area (Å²) in [5, 5.41) is 72.7. The van der Waals surface area contributed by atoms with E-state index in [4.69, 9.17) is 19.8 Å². The molecule has 7 heteroatoms. The molecule has 1 aliphatic heterocycles. The lowest BCUT2D eigenvalue weighted by Crippen LogP contribution is -2.52. The molecular weight excluding hydrogens is 1150 g/mol. The van der Waals surface area contributed by atoms with Gasteiger partial charge >= 0.3 is 0 Å². The van der Waals surface area contributed by atoms with Crippen molar-refractivity contribution in [3.8, 4) is 5.75 Å². The zero-order chi connectivity index (χ0) is 58.5. The molecule has 1 N–H and O–H groups in total. The van der Waals surface area contributed by atoms with E-state index in [1.807, 2.05) is 36.5 Å². The van der Waals surface area contributed by atoms with Gasteiger partial charge in [-0.25, -0.2) is 0 Å². The summed E-state index contributed by atoms with van der Waals surface area (Å²) in [5.74, 6) is 0.755. The van der Waals surface area contributed by atoms with Crippen molar-refractivity contribution in [3.63, 3.8) is 0 Å². The summed E-state index contributed by atoms with van der Waals surface area (Å²) in [5.41, 5.74) is 10.9. The average molecular weight is 1170 g/mol. The van der Waals surface area contributed by atoms with Crippen molar-refractivity contribution >= 4 is 286 Å². The molecule has 2 atom stereocenters. The Morgan fingerprint density at radius 1 is 0.383 bits per heavy atom. The highest BCUT2D eigenvalue weighted by Gasteiger charge is 2.64. The minimum Gasteiger partial charge on any atom is -0.497 e. The van der Waals surface area contributed by atoms with E-state index in [9.17, 15) is 0 Å². The lowest BCUT2D eigenvalue weighted by molar-refractivity contribution is 0.0911. The molecule has 29 aromatic carbocycles. The number of nitrogens with zero attached hydrogens (tertiary/aromatic N) is 3. The number of nitrogens with one attached hydrogen (secondary N) is 1. The van der Waals surface area contributed by atoms with Gasteiger partial charge in [0.15, 0.2) is 5.54 Å². The van der Waals surface area contributed by atoms with Gasteiger partial charge in [-0.15, -0.1) is 0 Å². The van der Waals surface area contributed by atoms with Crippen LogP contribution in [0, 0.1) is 0 Å². The van der Waals surface area contributed by atoms with Crippen LogP contribution in [0.15, 0.2) is 124 Å². The fraction of sp³-hybridized carbons (Fsp3) is 0.0460. The second kappa shape index (κ2) is 10.8. The summed E-state index contributed by atoms with van der Waals surface area (Å²) in [6.45, 7) is 0. The van der Waals surface area contributed by atoms with Gasteiger partial charge in [-0.2, -0.15) is 5.10 Å². The molecule has 2 heterocycles. The molecule has 4 aliphatic rings. The molecule has 0 saturated carbocycles. The number of fused-ring (bicyclic) bond motifs is 6. The molecule has 34 rings (SSSR count). The van der Waals surface area contributed by atoms with E-state index >= 15 is 9.59 Å². The van der Waals surface area contributed by atoms with Crippen LogP contribution in [0.2, 0.25) is 0 Å². The second-order valence-electron chi connectivity index (χ2n) is 30.2. The molecule has 0 radical (unpaired) electrons. The van der Waals surface area contributed by atoms with Crippen LogP contribution in [0.3, 0.4) is 0 Å². The van der Waals surface area contributed by atoms with Crippen molar-refractivity contribution in [1.82, 2.24) is 4.98 Å². The number of hydrogen-bond acceptors (Lipinski definition) is 7. The van der Waals surface area contributed by atoms with Gasteiger partial charge < -0.3 is 4.74 Å². The molecule has 0 spiro atoms. The Bertz CT molecular complexity index is 9050. The fourth-order valence-electron chi connectivity index (χ4n) is 26.5. The molecule has 30 aromatic rings. The number of aliphatic imine (C=N–C) groups is 1. The number of rotatable bonds is 6. The molecule has 94 heavy (non-hydrogen) atoms. The van der Waals surface area contributed by atoms with E-state index in [1.165, 1.54) is 248 Å². The first-order valence-electron chi connectivity index (χ1n) is 33.3. The second-order valence-corrected chi connectivity index (χ2v) is 30.2. The van der Waals surface area contributed by atoms with Gasteiger partial charge in [-0.3, -0.25) is 25.0 Å². The van der Waals surface area contributed by atoms with Crippen LogP contribution in [0.5, 0.6) is 5.75 Å². The van der Waals surface area contributed by atoms with Crippen LogP contribution < -0.4 is 20.9 Å². The van der Waals surface area contributed by atoms with Gasteiger partial charge in [0.2, 0.25) is 11.2 Å². The maximum absolute atomic E-state index is 18.7. The third-order valence-corrected chi connectivity index (χ3v) is 28.2. The number of benzene rings is 20. The Hall–Kier alpha value is -12.2. The number of methoxy groups -OCH3 is 1. The van der Waals surface area contributed by atoms with E-state index in [1.54, 1.807) is 7.11 Å². The summed E-state index contributed by atoms with van der Waals surface area (Å²) in [6.07, 6.45) is 2.45. The highest BCUT2D eigenvalue weighted by Crippen LogP contribution is 2.79. The smallest absolute Gasteiger partial charge is 0.214 e. The van der Waals surface area contributed by atoms with Gasteiger partial charge in [0.05, 0.1) is 29.6 Å². The van der Waals surface area contributed by atoms with Crippen molar-refractivity contribution in [2.24, 2.45) is 10.1 Å². The lowest BCUT2D eigenvalue weighted by atomic mass is 9.52. The Balaban J connectivity index is 1.03. The van der Waals surface area contributed by atoms with E-state index in [-0.39, 0.29) is 11.2 Å². The monoisotopic (exact) mass is 1170 g/mol. The Kier molecular flexibility index (Phi) is 4.64. The molecule has 0 fully saturated rings. The van der Waals surface area contributed by atoms with Crippen LogP contribution in [0.25, 0.3) is 269 Å². The van der Waals surface area contributed by atoms with E-state index < -0.39 is 11.0 Å². The van der Waals surface area contributed by atoms with Crippen molar-refractivity contribution in [2.45, 2.75) is 17.4 Å². The lowest BCUT2D eigenvalue weighted by Gasteiger charge is -2.51. The van der Waals surface area contributed by atoms with Crippen LogP contribution >= 0.6 is 0 Å². The van der Waals surface area contributed by atoms with Gasteiger partial charge in [0.1, 0.15) is 11.1 Å². The van der Waals surface area contributed by atoms with Crippen molar-refractivity contribution in [3.05, 3.63) is 175 Å². The van der Waals surface area contributed by atoms with Crippen molar-refractivity contribution < 1.29 is 9.53 Å². The molecular formula is C87H24N4O3. The predicted octanol–water partition coefficient (Wildman–Crippen LogP) is 19.6. The maximum atomic E-state index is 18.7. The van der Waals surface area contributed by atoms with Gasteiger partial charge in [-0.1, -0.05) is 66.7 Å². The molecule has 3 aliphatic carbocycles. The first-order valence-corrected chi connectivity index (χ1v) is 33.3. The highest BCUT2D eigenvalue weighted by molar-refractivity contribution is 6.80. The van der Waals surface area contributed by atoms with Gasteiger partial charge in [0, 0.05) is 77.6 Å². The zero-order valence-electron chi connectivity index (χ0n) is 48.7. The summed E-state index contributed by atoms with van der Waals surface area (Å²) < 4.78 is 5.71. The average Bonchev–Trinajstić information content (AvgIpc) is 1.38. The fourth-order valence-corrected chi connectivity index (χ4v) is 26.5. The number of Topliss-reactive ketones (excluding diaryl/α,β-unsaturated/α-hetero) is 1. The normalized spacial score (nSPS) is 19.6. The molecule has 0 saturated heterocycles. The number of ketones is 1. The summed E-state index contributed by atoms with van der Waals surface area (Å²) in [7, 11) is 1.69. The number of carbonyl (C=O) groups excluding carboxylic acids is 1. The van der Waals surface area contributed by atoms with E-state index in [0.29, 0.717) is 22.9 Å². The molecule has 0 amide bonds. The third kappa shape index (κ3) is 2.81. The maximum Gasteiger partial charge on any atom is 0.214 e. The van der Waals surface area contributed by atoms with Crippen LogP contribution in [0.4, 0.5) is 5.69 Å². The standard InChI is InChI=1S/C87H24N4O3/c1-94-24-17-15-23(16-18-24)90-91-82-77-35-30-25-20-26-29-28(25)32-37-34(30)41-42(35)48-60-52-47(41)49-43(37)45-39(32)40-33(29)38-36-31(26)85(93)87(27-14-8-9-19-88-27)81-76(36)71-66-44(38)46(40)51-50(45)54-53(49)55(52)58-59-56(54)57(51)61(66)65-63(59)67-62(58)64(60)69-68(48)73(77)78(83(82)92)79-74(69)72(67)75(70(65)71)80(81)86(79,22-12-6-3-7-13-22)84(89-87)21-10-4-2-5-11-21/h2-19,90H,20H2,1H3/b91-82+. The number of hydrogen-bond donors (Lipinski definition) is 1. The van der Waals surface area contributed by atoms with Crippen LogP contribution in [-0.4, -0.2) is 23.6 Å². The topological polar surface area (TPSA) is 93.0 Å². The molecule has 0 bridgehead atoms. The van der Waals surface area contributed by atoms with Gasteiger partial charge in [0.25, 0.3) is 0 Å². The minimum absolute atomic E-state index is 0.00915. The van der Waals surface area contributed by atoms with E-state index in [0.717, 1.165) is 77.6 Å². The Labute approximate surface area is 518 Å². The van der Waals surface area contributed by atoms with E-state index in [2.05, 4.69) is 78.2 Å². The minimum atomic E-state index is -1.68. The van der Waals surface area contributed by atoms with Crippen LogP contribution in [-0.2, 0) is 17.4 Å². The van der Waals surface area contributed by atoms with Crippen molar-refractivity contribution in [1.29, 1.82) is 0 Å². The summed E-state index contributed by atoms with van der Waals surface area (Å²) in [4.78, 5) is 49.0. The number of pyridine rings is 1. The summed E-state index contributed by atoms with van der Waals surface area (Å²) in [6, 6.07) is 36.1. The number of aromatic nitrogens is 1. The Morgan fingerprint density at radius 2 is 0.787 bits per heavy atom. The molecule has 1 aromatic heterocycles. The number of anilines is 1. The quantitative estimate of drug-likeness (QED) is 0.132. The largest absolute Gasteiger partial charge is 0.497 e. The molecule has 7 nitrogen and oxygen atoms in total. The van der Waals surface area contributed by atoms with Crippen LogP contribution in [0.1, 0.15) is 55.0 Å².